The highest BCUT2D eigenvalue weighted by molar-refractivity contribution is 7.99. The number of amides is 1. The fraction of sp³-hybridized carbons (Fsp3) is 0.458. The molecule has 0 bridgehead atoms. The van der Waals surface area contributed by atoms with E-state index in [0.29, 0.717) is 26.9 Å². The topological polar surface area (TPSA) is 127 Å². The maximum absolute atomic E-state index is 12.8. The van der Waals surface area contributed by atoms with Gasteiger partial charge in [0.05, 0.1) is 29.9 Å². The SMILES string of the molecule is CCOC(=O)c1sc(NC(=O)CSc2nc3sc4c(c3c(=O)[nH]2)CCC(C)C4)c(C(=O)OCC)c1C. The molecule has 192 valence electrons. The fourth-order valence-corrected chi connectivity index (χ4v) is 7.34. The molecule has 0 radical (unpaired) electrons. The largest absolute Gasteiger partial charge is 0.462 e. The Bertz CT molecular complexity index is 1390. The summed E-state index contributed by atoms with van der Waals surface area (Å²) < 4.78 is 10.2. The Balaban J connectivity index is 1.52. The minimum absolute atomic E-state index is 0.0511. The molecular formula is C24H27N3O6S3. The number of aromatic nitrogens is 2. The summed E-state index contributed by atoms with van der Waals surface area (Å²) in [6.45, 7) is 7.53. The average molecular weight is 550 g/mol. The van der Waals surface area contributed by atoms with Crippen LogP contribution in [0.25, 0.3) is 10.2 Å². The van der Waals surface area contributed by atoms with E-state index in [4.69, 9.17) is 9.47 Å². The normalized spacial score (nSPS) is 14.9. The first-order valence-corrected chi connectivity index (χ1v) is 14.3. The minimum Gasteiger partial charge on any atom is -0.462 e. The van der Waals surface area contributed by atoms with Crippen molar-refractivity contribution in [2.45, 2.75) is 52.1 Å². The molecular weight excluding hydrogens is 522 g/mol. The summed E-state index contributed by atoms with van der Waals surface area (Å²) in [7, 11) is 0. The zero-order valence-electron chi connectivity index (χ0n) is 20.4. The van der Waals surface area contributed by atoms with Crippen LogP contribution in [-0.4, -0.2) is 46.8 Å². The smallest absolute Gasteiger partial charge is 0.348 e. The molecule has 2 N–H and O–H groups in total. The predicted octanol–water partition coefficient (Wildman–Crippen LogP) is 4.56. The van der Waals surface area contributed by atoms with Crippen LogP contribution >= 0.6 is 34.4 Å². The van der Waals surface area contributed by atoms with Crippen LogP contribution in [0.15, 0.2) is 9.95 Å². The Kier molecular flexibility index (Phi) is 8.16. The molecule has 1 aliphatic carbocycles. The number of aromatic amines is 1. The first kappa shape index (κ1) is 26.4. The summed E-state index contributed by atoms with van der Waals surface area (Å²) in [6.07, 6.45) is 2.90. The number of nitrogens with one attached hydrogen (secondary N) is 2. The Morgan fingerprint density at radius 3 is 2.61 bits per heavy atom. The van der Waals surface area contributed by atoms with Gasteiger partial charge >= 0.3 is 11.9 Å². The molecule has 0 saturated heterocycles. The van der Waals surface area contributed by atoms with Crippen LogP contribution in [-0.2, 0) is 27.1 Å². The Labute approximate surface area is 220 Å². The predicted molar refractivity (Wildman–Crippen MR) is 142 cm³/mol. The number of carbonyl (C=O) groups excluding carboxylic acids is 3. The van der Waals surface area contributed by atoms with Crippen LogP contribution in [0, 0.1) is 12.8 Å². The van der Waals surface area contributed by atoms with Gasteiger partial charge in [-0.2, -0.15) is 0 Å². The van der Waals surface area contributed by atoms with Gasteiger partial charge in [0, 0.05) is 4.88 Å². The number of aryl methyl sites for hydroxylation is 1. The molecule has 12 heteroatoms. The standard InChI is InChI=1S/C24H27N3O6S3/c1-5-32-22(30)16-12(4)18(23(31)33-6-2)36-20(16)25-15(28)10-34-24-26-19(29)17-13-8-7-11(3)9-14(13)35-21(17)27-24/h11H,5-10H2,1-4H3,(H,25,28)(H,26,27,29). The summed E-state index contributed by atoms with van der Waals surface area (Å²) in [5.74, 6) is -1.07. The third-order valence-electron chi connectivity index (χ3n) is 5.82. The third kappa shape index (κ3) is 5.35. The first-order chi connectivity index (χ1) is 17.2. The van der Waals surface area contributed by atoms with Crippen molar-refractivity contribution < 1.29 is 23.9 Å². The zero-order valence-corrected chi connectivity index (χ0v) is 22.9. The number of ether oxygens (including phenoxy) is 2. The maximum Gasteiger partial charge on any atom is 0.348 e. The lowest BCUT2D eigenvalue weighted by atomic mass is 9.89. The van der Waals surface area contributed by atoms with Gasteiger partial charge in [0.1, 0.15) is 14.7 Å². The van der Waals surface area contributed by atoms with Crippen LogP contribution in [0.4, 0.5) is 5.00 Å². The number of thiophene rings is 2. The highest BCUT2D eigenvalue weighted by atomic mass is 32.2. The molecule has 3 aromatic rings. The van der Waals surface area contributed by atoms with E-state index in [1.807, 2.05) is 0 Å². The van der Waals surface area contributed by atoms with Crippen molar-refractivity contribution in [3.8, 4) is 0 Å². The van der Waals surface area contributed by atoms with Crippen LogP contribution in [0.5, 0.6) is 0 Å². The third-order valence-corrected chi connectivity index (χ3v) is 9.03. The van der Waals surface area contributed by atoms with Crippen LogP contribution in [0.1, 0.15) is 63.2 Å². The number of thioether (sulfide) groups is 1. The van der Waals surface area contributed by atoms with Crippen LogP contribution in [0.3, 0.4) is 0 Å². The van der Waals surface area contributed by atoms with Gasteiger partial charge in [-0.25, -0.2) is 14.6 Å². The van der Waals surface area contributed by atoms with Gasteiger partial charge in [0.25, 0.3) is 5.56 Å². The van der Waals surface area contributed by atoms with E-state index in [1.54, 1.807) is 32.1 Å². The summed E-state index contributed by atoms with van der Waals surface area (Å²) in [5.41, 5.74) is 1.45. The molecule has 0 fully saturated rings. The average Bonchev–Trinajstić information content (AvgIpc) is 3.34. The number of H-pyrrole nitrogens is 1. The number of esters is 2. The van der Waals surface area contributed by atoms with Gasteiger partial charge in [0.2, 0.25) is 5.91 Å². The highest BCUT2D eigenvalue weighted by Gasteiger charge is 2.28. The molecule has 0 saturated carbocycles. The van der Waals surface area contributed by atoms with E-state index in [-0.39, 0.29) is 40.0 Å². The number of hydrogen-bond donors (Lipinski definition) is 2. The van der Waals surface area contributed by atoms with Gasteiger partial charge in [-0.3, -0.25) is 9.59 Å². The lowest BCUT2D eigenvalue weighted by molar-refractivity contribution is -0.113. The molecule has 1 atom stereocenters. The van der Waals surface area contributed by atoms with E-state index < -0.39 is 17.8 Å². The zero-order chi connectivity index (χ0) is 26.0. The number of rotatable bonds is 8. The van der Waals surface area contributed by atoms with Gasteiger partial charge in [0.15, 0.2) is 5.16 Å². The summed E-state index contributed by atoms with van der Waals surface area (Å²) in [4.78, 5) is 59.9. The first-order valence-electron chi connectivity index (χ1n) is 11.7. The molecule has 1 amide bonds. The van der Waals surface area contributed by atoms with E-state index in [9.17, 15) is 19.2 Å². The second-order valence-electron chi connectivity index (χ2n) is 8.44. The summed E-state index contributed by atoms with van der Waals surface area (Å²) in [6, 6.07) is 0. The van der Waals surface area contributed by atoms with Crippen molar-refractivity contribution in [2.75, 3.05) is 24.3 Å². The van der Waals surface area contributed by atoms with Crippen LogP contribution < -0.4 is 10.9 Å². The molecule has 3 heterocycles. The molecule has 1 unspecified atom stereocenters. The quantitative estimate of drug-likeness (QED) is 0.238. The minimum atomic E-state index is -0.628. The fourth-order valence-electron chi connectivity index (χ4n) is 4.14. The van der Waals surface area contributed by atoms with E-state index >= 15 is 0 Å². The van der Waals surface area contributed by atoms with Crippen molar-refractivity contribution in [2.24, 2.45) is 5.92 Å². The molecule has 0 aliphatic heterocycles. The highest BCUT2D eigenvalue weighted by Crippen LogP contribution is 2.37. The van der Waals surface area contributed by atoms with Gasteiger partial charge in [-0.05, 0) is 57.1 Å². The lowest BCUT2D eigenvalue weighted by Crippen LogP contribution is -2.17. The molecule has 9 nitrogen and oxygen atoms in total. The Hall–Kier alpha value is -2.70. The summed E-state index contributed by atoms with van der Waals surface area (Å²) in [5, 5.41) is 3.95. The van der Waals surface area contributed by atoms with Gasteiger partial charge in [-0.15, -0.1) is 22.7 Å². The van der Waals surface area contributed by atoms with Gasteiger partial charge < -0.3 is 19.8 Å². The second-order valence-corrected chi connectivity index (χ2v) is 11.5. The van der Waals surface area contributed by atoms with E-state index in [1.165, 1.54) is 4.88 Å². The Morgan fingerprint density at radius 1 is 1.17 bits per heavy atom. The van der Waals surface area contributed by atoms with Crippen molar-refractivity contribution in [1.29, 1.82) is 0 Å². The van der Waals surface area contributed by atoms with Crippen molar-refractivity contribution in [3.05, 3.63) is 36.8 Å². The van der Waals surface area contributed by atoms with Crippen molar-refractivity contribution in [1.82, 2.24) is 9.97 Å². The van der Waals surface area contributed by atoms with E-state index in [2.05, 4.69) is 22.2 Å². The lowest BCUT2D eigenvalue weighted by Gasteiger charge is -2.17. The number of anilines is 1. The maximum atomic E-state index is 12.8. The molecule has 3 aromatic heterocycles. The number of nitrogens with zero attached hydrogens (tertiary/aromatic N) is 1. The molecule has 0 aromatic carbocycles. The second kappa shape index (κ2) is 11.1. The number of fused-ring (bicyclic) bond motifs is 3. The monoisotopic (exact) mass is 549 g/mol. The van der Waals surface area contributed by atoms with Gasteiger partial charge in [-0.1, -0.05) is 18.7 Å². The van der Waals surface area contributed by atoms with Crippen molar-refractivity contribution >= 4 is 67.5 Å². The molecule has 36 heavy (non-hydrogen) atoms. The molecule has 4 rings (SSSR count). The van der Waals surface area contributed by atoms with Crippen molar-refractivity contribution in [3.63, 3.8) is 0 Å². The molecule has 0 spiro atoms. The Morgan fingerprint density at radius 2 is 1.89 bits per heavy atom. The number of carbonyl (C=O) groups is 3. The van der Waals surface area contributed by atoms with Crippen LogP contribution in [0.2, 0.25) is 0 Å². The molecule has 1 aliphatic rings. The number of hydrogen-bond acceptors (Lipinski definition) is 10. The summed E-state index contributed by atoms with van der Waals surface area (Å²) >= 11 is 3.62. The van der Waals surface area contributed by atoms with E-state index in [0.717, 1.165) is 47.9 Å².